The number of halogens is 1. The third kappa shape index (κ3) is 4.83. The second-order valence-corrected chi connectivity index (χ2v) is 9.15. The van der Waals surface area contributed by atoms with E-state index in [0.29, 0.717) is 27.8 Å². The van der Waals surface area contributed by atoms with Crippen molar-refractivity contribution in [2.75, 3.05) is 18.8 Å². The van der Waals surface area contributed by atoms with E-state index in [-0.39, 0.29) is 18.1 Å². The van der Waals surface area contributed by atoms with E-state index in [1.807, 2.05) is 30.9 Å². The van der Waals surface area contributed by atoms with Gasteiger partial charge in [-0.15, -0.1) is 5.10 Å². The van der Waals surface area contributed by atoms with E-state index in [2.05, 4.69) is 5.10 Å². The smallest absolute Gasteiger partial charge is 0.233 e. The van der Waals surface area contributed by atoms with Crippen molar-refractivity contribution in [3.63, 3.8) is 0 Å². The molecule has 1 aliphatic heterocycles. The second-order valence-electron chi connectivity index (χ2n) is 5.87. The summed E-state index contributed by atoms with van der Waals surface area (Å²) in [5, 5.41) is 5.18. The lowest BCUT2D eigenvalue weighted by molar-refractivity contribution is -0.140. The maximum atomic E-state index is 12.4. The molecule has 1 aromatic heterocycles. The third-order valence-corrected chi connectivity index (χ3v) is 6.29. The normalized spacial score (nSPS) is 20.7. The van der Waals surface area contributed by atoms with Crippen LogP contribution in [0.4, 0.5) is 0 Å². The number of carbonyl (C=O) groups excluding carboxylic acids is 1. The number of hydrogen-bond donors (Lipinski definition) is 0. The molecule has 0 N–H and O–H groups in total. The maximum Gasteiger partial charge on any atom is 0.233 e. The number of aromatic nitrogens is 2. The van der Waals surface area contributed by atoms with Crippen molar-refractivity contribution >= 4 is 52.8 Å². The van der Waals surface area contributed by atoms with Gasteiger partial charge in [-0.05, 0) is 50.3 Å². The van der Waals surface area contributed by atoms with Crippen molar-refractivity contribution < 1.29 is 9.53 Å². The van der Waals surface area contributed by atoms with Crippen molar-refractivity contribution in [1.82, 2.24) is 14.7 Å². The second kappa shape index (κ2) is 8.18. The first-order chi connectivity index (χ1) is 11.9. The molecule has 5 nitrogen and oxygen atoms in total. The van der Waals surface area contributed by atoms with E-state index in [9.17, 15) is 4.79 Å². The predicted molar refractivity (Wildman–Crippen MR) is 105 cm³/mol. The first-order valence-corrected chi connectivity index (χ1v) is 10.4. The summed E-state index contributed by atoms with van der Waals surface area (Å²) in [5.41, 5.74) is 0.861. The quantitative estimate of drug-likeness (QED) is 0.557. The third-order valence-electron chi connectivity index (χ3n) is 3.69. The molecule has 0 bridgehead atoms. The van der Waals surface area contributed by atoms with Gasteiger partial charge in [0.05, 0.1) is 23.6 Å². The first-order valence-electron chi connectivity index (χ1n) is 7.84. The molecule has 1 aromatic carbocycles. The number of ether oxygens (including phenoxy) is 1. The standard InChI is InChI=1S/C16H18ClN3O2S3/c1-10-7-19(8-11(2)22-10)14(21)9-24-15-18-20(16(23)25-15)13-5-3-12(17)4-6-13/h3-6,10-11H,7-9H2,1-2H3/t10-,11-/m0/s1. The molecule has 25 heavy (non-hydrogen) atoms. The topological polar surface area (TPSA) is 47.4 Å². The van der Waals surface area contributed by atoms with Crippen molar-refractivity contribution in [1.29, 1.82) is 0 Å². The van der Waals surface area contributed by atoms with Crippen molar-refractivity contribution in [3.8, 4) is 5.69 Å². The Morgan fingerprint density at radius 1 is 1.36 bits per heavy atom. The molecule has 1 fully saturated rings. The van der Waals surface area contributed by atoms with Gasteiger partial charge in [-0.3, -0.25) is 4.79 Å². The molecule has 9 heteroatoms. The van der Waals surface area contributed by atoms with Gasteiger partial charge in [-0.2, -0.15) is 0 Å². The van der Waals surface area contributed by atoms with Gasteiger partial charge in [0, 0.05) is 18.1 Å². The van der Waals surface area contributed by atoms with E-state index in [4.69, 9.17) is 28.6 Å². The maximum absolute atomic E-state index is 12.4. The molecule has 2 heterocycles. The van der Waals surface area contributed by atoms with Gasteiger partial charge in [-0.25, -0.2) is 4.68 Å². The summed E-state index contributed by atoms with van der Waals surface area (Å²) < 4.78 is 8.79. The highest BCUT2D eigenvalue weighted by Gasteiger charge is 2.25. The molecule has 0 aliphatic carbocycles. The molecule has 3 rings (SSSR count). The van der Waals surface area contributed by atoms with Crippen molar-refractivity contribution in [2.45, 2.75) is 30.4 Å². The zero-order valence-electron chi connectivity index (χ0n) is 13.8. The van der Waals surface area contributed by atoms with Gasteiger partial charge >= 0.3 is 0 Å². The zero-order valence-corrected chi connectivity index (χ0v) is 17.1. The van der Waals surface area contributed by atoms with Gasteiger partial charge in [0.15, 0.2) is 8.29 Å². The SMILES string of the molecule is C[C@H]1CN(C(=O)CSc2nn(-c3ccc(Cl)cc3)c(=S)s2)C[C@H](C)O1. The fourth-order valence-electron chi connectivity index (χ4n) is 2.66. The number of thioether (sulfide) groups is 1. The summed E-state index contributed by atoms with van der Waals surface area (Å²) in [6.45, 7) is 5.25. The van der Waals surface area contributed by atoms with E-state index in [1.54, 1.807) is 16.8 Å². The molecule has 0 saturated carbocycles. The minimum Gasteiger partial charge on any atom is -0.372 e. The molecule has 2 atom stereocenters. The van der Waals surface area contributed by atoms with Crippen molar-refractivity contribution in [3.05, 3.63) is 33.2 Å². The number of morpholine rings is 1. The largest absolute Gasteiger partial charge is 0.372 e. The van der Waals surface area contributed by atoms with Crippen LogP contribution in [-0.2, 0) is 9.53 Å². The Morgan fingerprint density at radius 2 is 2.00 bits per heavy atom. The van der Waals surface area contributed by atoms with E-state index < -0.39 is 0 Å². The van der Waals surface area contributed by atoms with Gasteiger partial charge < -0.3 is 9.64 Å². The Kier molecular flexibility index (Phi) is 6.17. The lowest BCUT2D eigenvalue weighted by atomic mass is 10.2. The Labute approximate surface area is 164 Å². The zero-order chi connectivity index (χ0) is 18.0. The number of carbonyl (C=O) groups is 1. The van der Waals surface area contributed by atoms with E-state index in [0.717, 1.165) is 10.0 Å². The Morgan fingerprint density at radius 3 is 2.64 bits per heavy atom. The Balaban J connectivity index is 1.64. The van der Waals surface area contributed by atoms with Crippen LogP contribution in [0.2, 0.25) is 5.02 Å². The van der Waals surface area contributed by atoms with Gasteiger partial charge in [0.2, 0.25) is 5.91 Å². The van der Waals surface area contributed by atoms with Crippen LogP contribution in [0.1, 0.15) is 13.8 Å². The molecule has 0 spiro atoms. The van der Waals surface area contributed by atoms with Crippen LogP contribution in [-0.4, -0.2) is 51.6 Å². The highest BCUT2D eigenvalue weighted by atomic mass is 35.5. The molecular weight excluding hydrogens is 398 g/mol. The van der Waals surface area contributed by atoms with Crippen LogP contribution in [0.25, 0.3) is 5.69 Å². The Hall–Kier alpha value is -0.930. The van der Waals surface area contributed by atoms with Crippen LogP contribution in [0.15, 0.2) is 28.6 Å². The molecule has 1 amide bonds. The van der Waals surface area contributed by atoms with Crippen LogP contribution >= 0.6 is 46.9 Å². The monoisotopic (exact) mass is 415 g/mol. The van der Waals surface area contributed by atoms with Crippen LogP contribution in [0.5, 0.6) is 0 Å². The molecule has 2 aromatic rings. The van der Waals surface area contributed by atoms with E-state index in [1.165, 1.54) is 23.1 Å². The molecular formula is C16H18ClN3O2S3. The Bertz CT molecular complexity index is 796. The minimum atomic E-state index is 0.0730. The first kappa shape index (κ1) is 18.8. The predicted octanol–water partition coefficient (Wildman–Crippen LogP) is 4.04. The van der Waals surface area contributed by atoms with Gasteiger partial charge in [0.25, 0.3) is 0 Å². The van der Waals surface area contributed by atoms with Gasteiger partial charge in [0.1, 0.15) is 0 Å². The highest BCUT2D eigenvalue weighted by molar-refractivity contribution is 8.01. The number of nitrogens with zero attached hydrogens (tertiary/aromatic N) is 3. The highest BCUT2D eigenvalue weighted by Crippen LogP contribution is 2.25. The fraction of sp³-hybridized carbons (Fsp3) is 0.438. The number of rotatable bonds is 4. The summed E-state index contributed by atoms with van der Waals surface area (Å²) in [6, 6.07) is 7.34. The lowest BCUT2D eigenvalue weighted by Crippen LogP contribution is -2.48. The minimum absolute atomic E-state index is 0.0730. The molecule has 1 aliphatic rings. The lowest BCUT2D eigenvalue weighted by Gasteiger charge is -2.35. The number of benzene rings is 1. The van der Waals surface area contributed by atoms with Crippen LogP contribution in [0.3, 0.4) is 0 Å². The van der Waals surface area contributed by atoms with Crippen LogP contribution < -0.4 is 0 Å². The molecule has 0 radical (unpaired) electrons. The van der Waals surface area contributed by atoms with Crippen molar-refractivity contribution in [2.24, 2.45) is 0 Å². The van der Waals surface area contributed by atoms with Crippen LogP contribution in [0, 0.1) is 3.95 Å². The summed E-state index contributed by atoms with van der Waals surface area (Å²) in [4.78, 5) is 14.3. The fourth-order valence-corrected chi connectivity index (χ4v) is 5.05. The summed E-state index contributed by atoms with van der Waals surface area (Å²) in [7, 11) is 0. The average Bonchev–Trinajstić information content (AvgIpc) is 2.93. The summed E-state index contributed by atoms with van der Waals surface area (Å²) >= 11 is 14.1. The number of hydrogen-bond acceptors (Lipinski definition) is 6. The van der Waals surface area contributed by atoms with E-state index >= 15 is 0 Å². The summed E-state index contributed by atoms with van der Waals surface area (Å²) in [6.07, 6.45) is 0.146. The number of amides is 1. The molecule has 134 valence electrons. The van der Waals surface area contributed by atoms with Gasteiger partial charge in [-0.1, -0.05) is 34.7 Å². The summed E-state index contributed by atoms with van der Waals surface area (Å²) in [5.74, 6) is 0.452. The molecule has 0 unspecified atom stereocenters. The average molecular weight is 416 g/mol. The molecule has 1 saturated heterocycles.